The van der Waals surface area contributed by atoms with Crippen molar-refractivity contribution < 1.29 is 4.74 Å². The molecule has 0 radical (unpaired) electrons. The molecule has 33 heavy (non-hydrogen) atoms. The van der Waals surface area contributed by atoms with E-state index in [1.54, 1.807) is 7.11 Å². The molecule has 0 saturated carbocycles. The minimum Gasteiger partial charge on any atom is -0.495 e. The largest absolute Gasteiger partial charge is 0.495 e. The molecule has 0 bridgehead atoms. The summed E-state index contributed by atoms with van der Waals surface area (Å²) in [4.78, 5) is 9.63. The molecule has 1 saturated heterocycles. The third-order valence-corrected chi connectivity index (χ3v) is 6.38. The highest BCUT2D eigenvalue weighted by Gasteiger charge is 2.23. The molecule has 0 unspecified atom stereocenters. The number of anilines is 1. The van der Waals surface area contributed by atoms with Crippen LogP contribution in [0.15, 0.2) is 85.1 Å². The van der Waals surface area contributed by atoms with Crippen LogP contribution < -0.4 is 9.64 Å². The third kappa shape index (κ3) is 4.37. The number of ether oxygens (including phenoxy) is 1. The molecule has 5 heteroatoms. The molecule has 4 aromatic rings. The van der Waals surface area contributed by atoms with Gasteiger partial charge in [-0.15, -0.1) is 0 Å². The Morgan fingerprint density at radius 3 is 2.30 bits per heavy atom. The maximum absolute atomic E-state index is 5.58. The number of hydrogen-bond acceptors (Lipinski definition) is 4. The predicted molar refractivity (Wildman–Crippen MR) is 134 cm³/mol. The van der Waals surface area contributed by atoms with Crippen molar-refractivity contribution >= 4 is 5.69 Å². The lowest BCUT2D eigenvalue weighted by Crippen LogP contribution is -2.46. The molecule has 2 aromatic carbocycles. The number of piperazine rings is 1. The van der Waals surface area contributed by atoms with Crippen molar-refractivity contribution in [3.63, 3.8) is 0 Å². The summed E-state index contributed by atoms with van der Waals surface area (Å²) in [7, 11) is 1.74. The zero-order chi connectivity index (χ0) is 22.6. The number of aryl methyl sites for hydroxylation is 1. The van der Waals surface area contributed by atoms with Crippen molar-refractivity contribution in [1.82, 2.24) is 14.5 Å². The second-order valence-corrected chi connectivity index (χ2v) is 8.48. The standard InChI is InChI=1S/C28H30N4O/c1-22-20-24(21-30-16-18-31(19-17-30)25-12-6-7-13-26(25)33-2)28(23-10-4-3-5-11-23)32(22)27-14-8-9-15-29-27/h3-15,20H,16-19,21H2,1-2H3. The van der Waals surface area contributed by atoms with E-state index in [4.69, 9.17) is 4.74 Å². The van der Waals surface area contributed by atoms with Gasteiger partial charge in [-0.05, 0) is 48.4 Å². The Morgan fingerprint density at radius 1 is 0.848 bits per heavy atom. The van der Waals surface area contributed by atoms with E-state index in [1.165, 1.54) is 28.2 Å². The number of pyridine rings is 1. The monoisotopic (exact) mass is 438 g/mol. The number of rotatable bonds is 6. The van der Waals surface area contributed by atoms with Crippen molar-refractivity contribution in [1.29, 1.82) is 0 Å². The van der Waals surface area contributed by atoms with Gasteiger partial charge >= 0.3 is 0 Å². The first-order chi connectivity index (χ1) is 16.2. The van der Waals surface area contributed by atoms with Gasteiger partial charge in [-0.25, -0.2) is 4.98 Å². The van der Waals surface area contributed by atoms with Gasteiger partial charge in [-0.1, -0.05) is 48.5 Å². The lowest BCUT2D eigenvalue weighted by Gasteiger charge is -2.36. The smallest absolute Gasteiger partial charge is 0.142 e. The molecule has 0 spiro atoms. The number of para-hydroxylation sites is 2. The first-order valence-corrected chi connectivity index (χ1v) is 11.5. The molecule has 0 aliphatic carbocycles. The minimum atomic E-state index is 0.921. The van der Waals surface area contributed by atoms with E-state index in [0.29, 0.717) is 0 Å². The molecule has 0 atom stereocenters. The molecule has 0 N–H and O–H groups in total. The van der Waals surface area contributed by atoms with Crippen molar-refractivity contribution in [3.05, 3.63) is 96.3 Å². The van der Waals surface area contributed by atoms with E-state index < -0.39 is 0 Å². The van der Waals surface area contributed by atoms with Crippen molar-refractivity contribution in [3.8, 4) is 22.8 Å². The Labute approximate surface area is 195 Å². The molecule has 1 fully saturated rings. The van der Waals surface area contributed by atoms with Crippen LogP contribution in [0.5, 0.6) is 5.75 Å². The summed E-state index contributed by atoms with van der Waals surface area (Å²) in [5, 5.41) is 0. The van der Waals surface area contributed by atoms with E-state index in [-0.39, 0.29) is 0 Å². The van der Waals surface area contributed by atoms with E-state index in [2.05, 4.69) is 80.9 Å². The van der Waals surface area contributed by atoms with Crippen LogP contribution in [0, 0.1) is 6.92 Å². The van der Waals surface area contributed by atoms with Crippen molar-refractivity contribution in [2.75, 3.05) is 38.2 Å². The summed E-state index contributed by atoms with van der Waals surface area (Å²) < 4.78 is 7.87. The number of hydrogen-bond donors (Lipinski definition) is 0. The summed E-state index contributed by atoms with van der Waals surface area (Å²) in [5.41, 5.74) is 6.19. The fraction of sp³-hybridized carbons (Fsp3) is 0.250. The van der Waals surface area contributed by atoms with Crippen LogP contribution in [0.2, 0.25) is 0 Å². The van der Waals surface area contributed by atoms with Gasteiger partial charge in [0.25, 0.3) is 0 Å². The van der Waals surface area contributed by atoms with E-state index in [9.17, 15) is 0 Å². The summed E-state index contributed by atoms with van der Waals surface area (Å²) in [6.45, 7) is 7.09. The summed E-state index contributed by atoms with van der Waals surface area (Å²) in [6.07, 6.45) is 1.86. The zero-order valence-electron chi connectivity index (χ0n) is 19.3. The maximum atomic E-state index is 5.58. The number of benzene rings is 2. The van der Waals surface area contributed by atoms with E-state index in [0.717, 1.165) is 44.3 Å². The Bertz CT molecular complexity index is 1200. The number of methoxy groups -OCH3 is 1. The van der Waals surface area contributed by atoms with E-state index in [1.807, 2.05) is 30.5 Å². The maximum Gasteiger partial charge on any atom is 0.142 e. The predicted octanol–water partition coefficient (Wildman–Crippen LogP) is 5.18. The van der Waals surface area contributed by atoms with Gasteiger partial charge in [0.2, 0.25) is 0 Å². The van der Waals surface area contributed by atoms with E-state index >= 15 is 0 Å². The molecular formula is C28H30N4O. The molecule has 168 valence electrons. The Morgan fingerprint density at radius 2 is 1.58 bits per heavy atom. The fourth-order valence-corrected chi connectivity index (χ4v) is 4.80. The highest BCUT2D eigenvalue weighted by molar-refractivity contribution is 5.68. The first-order valence-electron chi connectivity index (χ1n) is 11.5. The van der Waals surface area contributed by atoms with Gasteiger partial charge in [0.15, 0.2) is 0 Å². The first kappa shape index (κ1) is 21.3. The second kappa shape index (κ2) is 9.51. The Kier molecular flexibility index (Phi) is 6.13. The Hall–Kier alpha value is -3.57. The van der Waals surface area contributed by atoms with Crippen LogP contribution in [0.25, 0.3) is 17.1 Å². The molecular weight excluding hydrogens is 408 g/mol. The van der Waals surface area contributed by atoms with Crippen molar-refractivity contribution in [2.24, 2.45) is 0 Å². The van der Waals surface area contributed by atoms with Crippen LogP contribution in [-0.2, 0) is 6.54 Å². The SMILES string of the molecule is COc1ccccc1N1CCN(Cc2cc(C)n(-c3ccccn3)c2-c2ccccc2)CC1. The van der Waals surface area contributed by atoms with Crippen LogP contribution >= 0.6 is 0 Å². The summed E-state index contributed by atoms with van der Waals surface area (Å²) >= 11 is 0. The van der Waals surface area contributed by atoms with Crippen LogP contribution in [0.1, 0.15) is 11.3 Å². The molecule has 0 amide bonds. The fourth-order valence-electron chi connectivity index (χ4n) is 4.80. The quantitative estimate of drug-likeness (QED) is 0.415. The van der Waals surface area contributed by atoms with Gasteiger partial charge in [0, 0.05) is 44.6 Å². The summed E-state index contributed by atoms with van der Waals surface area (Å²) in [6, 6.07) is 27.4. The normalized spacial score (nSPS) is 14.4. The molecule has 3 heterocycles. The molecule has 2 aromatic heterocycles. The van der Waals surface area contributed by atoms with Crippen LogP contribution in [0.3, 0.4) is 0 Å². The topological polar surface area (TPSA) is 33.5 Å². The van der Waals surface area contributed by atoms with Crippen LogP contribution in [0.4, 0.5) is 5.69 Å². The molecule has 1 aliphatic heterocycles. The van der Waals surface area contributed by atoms with Crippen LogP contribution in [-0.4, -0.2) is 47.7 Å². The highest BCUT2D eigenvalue weighted by atomic mass is 16.5. The average molecular weight is 439 g/mol. The Balaban J connectivity index is 1.41. The molecule has 1 aliphatic rings. The molecule has 5 nitrogen and oxygen atoms in total. The van der Waals surface area contributed by atoms with Gasteiger partial charge < -0.3 is 9.64 Å². The molecule has 5 rings (SSSR count). The van der Waals surface area contributed by atoms with Gasteiger partial charge in [0.1, 0.15) is 11.6 Å². The van der Waals surface area contributed by atoms with Gasteiger partial charge in [0.05, 0.1) is 18.5 Å². The van der Waals surface area contributed by atoms with Crippen molar-refractivity contribution in [2.45, 2.75) is 13.5 Å². The lowest BCUT2D eigenvalue weighted by atomic mass is 10.1. The lowest BCUT2D eigenvalue weighted by molar-refractivity contribution is 0.249. The highest BCUT2D eigenvalue weighted by Crippen LogP contribution is 2.32. The van der Waals surface area contributed by atoms with Gasteiger partial charge in [-0.2, -0.15) is 0 Å². The average Bonchev–Trinajstić information content (AvgIpc) is 3.21. The second-order valence-electron chi connectivity index (χ2n) is 8.48. The number of aromatic nitrogens is 2. The summed E-state index contributed by atoms with van der Waals surface area (Å²) in [5.74, 6) is 1.90. The third-order valence-electron chi connectivity index (χ3n) is 6.38. The minimum absolute atomic E-state index is 0.921. The zero-order valence-corrected chi connectivity index (χ0v) is 19.3. The number of nitrogens with zero attached hydrogens (tertiary/aromatic N) is 4. The van der Waals surface area contributed by atoms with Gasteiger partial charge in [-0.3, -0.25) is 9.47 Å².